The zero-order chi connectivity index (χ0) is 14.5. The Labute approximate surface area is 115 Å². The van der Waals surface area contributed by atoms with E-state index in [1.54, 1.807) is 24.3 Å². The lowest BCUT2D eigenvalue weighted by molar-refractivity contribution is -0.0979. The minimum atomic E-state index is 0.322. The molecular formula is C15H26N2O2. The molecule has 0 bridgehead atoms. The van der Waals surface area contributed by atoms with Crippen molar-refractivity contribution in [2.45, 2.75) is 25.7 Å². The van der Waals surface area contributed by atoms with Gasteiger partial charge in [0.1, 0.15) is 12.5 Å². The summed E-state index contributed by atoms with van der Waals surface area (Å²) in [6.45, 7) is 3.72. The van der Waals surface area contributed by atoms with Gasteiger partial charge in [-0.25, -0.2) is 0 Å². The van der Waals surface area contributed by atoms with E-state index in [0.29, 0.717) is 5.75 Å². The fourth-order valence-electron chi connectivity index (χ4n) is 2.26. The number of hydrogen-bond acceptors (Lipinski definition) is 4. The van der Waals surface area contributed by atoms with Gasteiger partial charge in [0.15, 0.2) is 0 Å². The van der Waals surface area contributed by atoms with E-state index in [9.17, 15) is 0 Å². The average molecular weight is 266 g/mol. The minimum absolute atomic E-state index is 0.322. The van der Waals surface area contributed by atoms with E-state index in [2.05, 4.69) is 0 Å². The second-order valence-electron chi connectivity index (χ2n) is 4.71. The lowest BCUT2D eigenvalue weighted by atomic mass is 9.81. The van der Waals surface area contributed by atoms with Gasteiger partial charge in [0.25, 0.3) is 0 Å². The quantitative estimate of drug-likeness (QED) is 0.763. The van der Waals surface area contributed by atoms with E-state index >= 15 is 0 Å². The van der Waals surface area contributed by atoms with Crippen molar-refractivity contribution in [3.8, 4) is 5.75 Å². The highest BCUT2D eigenvalue weighted by atomic mass is 16.3. The second kappa shape index (κ2) is 11.7. The zero-order valence-corrected chi connectivity index (χ0v) is 11.5. The number of phenolic OH excluding ortho intramolecular Hbond substituents is 1. The van der Waals surface area contributed by atoms with Crippen LogP contribution in [0, 0.1) is 11.8 Å². The van der Waals surface area contributed by atoms with Crippen molar-refractivity contribution in [2.24, 2.45) is 23.3 Å². The van der Waals surface area contributed by atoms with Gasteiger partial charge in [-0.05, 0) is 56.3 Å². The molecule has 1 aliphatic rings. The standard InChI is InChI=1S/C8H18N2.C6H6O.CH2O/c9-5-7-2-1-3-8(4-7)6-10;7-6-4-2-1-3-5-6;1-2/h7-8H,1-6,9-10H2;1-5,7H;1H2. The number of aromatic hydroxyl groups is 1. The summed E-state index contributed by atoms with van der Waals surface area (Å²) >= 11 is 0. The highest BCUT2D eigenvalue weighted by molar-refractivity contribution is 5.18. The third-order valence-corrected chi connectivity index (χ3v) is 3.31. The van der Waals surface area contributed by atoms with Crippen LogP contribution in [-0.4, -0.2) is 25.0 Å². The molecule has 1 aromatic carbocycles. The van der Waals surface area contributed by atoms with Crippen LogP contribution in [0.15, 0.2) is 30.3 Å². The van der Waals surface area contributed by atoms with Crippen molar-refractivity contribution >= 4 is 6.79 Å². The largest absolute Gasteiger partial charge is 0.508 e. The van der Waals surface area contributed by atoms with Crippen molar-refractivity contribution < 1.29 is 9.90 Å². The van der Waals surface area contributed by atoms with Crippen LogP contribution in [0.25, 0.3) is 0 Å². The molecule has 0 amide bonds. The Kier molecular flexibility index (Phi) is 10.8. The van der Waals surface area contributed by atoms with Crippen molar-refractivity contribution in [3.05, 3.63) is 30.3 Å². The van der Waals surface area contributed by atoms with Crippen LogP contribution in [0.2, 0.25) is 0 Å². The maximum Gasteiger partial charge on any atom is 0.115 e. The maximum atomic E-state index is 8.63. The first-order valence-corrected chi connectivity index (χ1v) is 6.69. The first-order chi connectivity index (χ1) is 9.26. The number of phenols is 1. The molecule has 5 N–H and O–H groups in total. The zero-order valence-electron chi connectivity index (χ0n) is 11.5. The number of hydrogen-bond donors (Lipinski definition) is 3. The van der Waals surface area contributed by atoms with Gasteiger partial charge in [0, 0.05) is 0 Å². The molecule has 4 heteroatoms. The van der Waals surface area contributed by atoms with Crippen molar-refractivity contribution in [1.82, 2.24) is 0 Å². The number of rotatable bonds is 2. The summed E-state index contributed by atoms with van der Waals surface area (Å²) < 4.78 is 0. The molecule has 1 fully saturated rings. The molecule has 0 saturated heterocycles. The summed E-state index contributed by atoms with van der Waals surface area (Å²) in [5.74, 6) is 1.85. The summed E-state index contributed by atoms with van der Waals surface area (Å²) in [6, 6.07) is 8.71. The number of carbonyl (C=O) groups excluding carboxylic acids is 1. The number of para-hydroxylation sites is 1. The van der Waals surface area contributed by atoms with Gasteiger partial charge in [-0.3, -0.25) is 0 Å². The predicted octanol–water partition coefficient (Wildman–Crippen LogP) is 1.92. The molecule has 2 rings (SSSR count). The normalized spacial score (nSPS) is 21.4. The second-order valence-corrected chi connectivity index (χ2v) is 4.71. The van der Waals surface area contributed by atoms with Crippen LogP contribution in [0.4, 0.5) is 0 Å². The van der Waals surface area contributed by atoms with E-state index < -0.39 is 0 Å². The van der Waals surface area contributed by atoms with Crippen LogP contribution in [-0.2, 0) is 4.79 Å². The highest BCUT2D eigenvalue weighted by Crippen LogP contribution is 2.27. The van der Waals surface area contributed by atoms with Crippen molar-refractivity contribution in [3.63, 3.8) is 0 Å². The fourth-order valence-corrected chi connectivity index (χ4v) is 2.26. The smallest absolute Gasteiger partial charge is 0.115 e. The minimum Gasteiger partial charge on any atom is -0.508 e. The first-order valence-electron chi connectivity index (χ1n) is 6.69. The summed E-state index contributed by atoms with van der Waals surface area (Å²) in [5.41, 5.74) is 11.2. The molecule has 0 aliphatic heterocycles. The van der Waals surface area contributed by atoms with E-state index in [0.717, 1.165) is 24.9 Å². The molecular weight excluding hydrogens is 240 g/mol. The van der Waals surface area contributed by atoms with Gasteiger partial charge in [-0.15, -0.1) is 0 Å². The Morgan fingerprint density at radius 2 is 1.53 bits per heavy atom. The SMILES string of the molecule is C=O.NCC1CCCC(CN)C1.Oc1ccccc1. The van der Waals surface area contributed by atoms with Gasteiger partial charge in [0.05, 0.1) is 0 Å². The monoisotopic (exact) mass is 266 g/mol. The molecule has 0 spiro atoms. The molecule has 1 aliphatic carbocycles. The van der Waals surface area contributed by atoms with Gasteiger partial charge < -0.3 is 21.4 Å². The Balaban J connectivity index is 0.000000316. The summed E-state index contributed by atoms with van der Waals surface area (Å²) in [7, 11) is 0. The lowest BCUT2D eigenvalue weighted by Crippen LogP contribution is -2.26. The first kappa shape index (κ1) is 17.6. The van der Waals surface area contributed by atoms with E-state index in [1.807, 2.05) is 12.9 Å². The molecule has 1 saturated carbocycles. The molecule has 2 atom stereocenters. The number of benzene rings is 1. The van der Waals surface area contributed by atoms with Gasteiger partial charge in [-0.2, -0.15) is 0 Å². The maximum absolute atomic E-state index is 8.63. The summed E-state index contributed by atoms with van der Waals surface area (Å²) in [5, 5.41) is 8.63. The van der Waals surface area contributed by atoms with Gasteiger partial charge >= 0.3 is 0 Å². The molecule has 108 valence electrons. The third-order valence-electron chi connectivity index (χ3n) is 3.31. The van der Waals surface area contributed by atoms with Crippen molar-refractivity contribution in [1.29, 1.82) is 0 Å². The van der Waals surface area contributed by atoms with Gasteiger partial charge in [-0.1, -0.05) is 24.6 Å². The fraction of sp³-hybridized carbons (Fsp3) is 0.533. The molecule has 2 unspecified atom stereocenters. The van der Waals surface area contributed by atoms with E-state index in [1.165, 1.54) is 25.7 Å². The Morgan fingerprint density at radius 3 is 1.84 bits per heavy atom. The van der Waals surface area contributed by atoms with E-state index in [4.69, 9.17) is 21.4 Å². The van der Waals surface area contributed by atoms with Crippen LogP contribution in [0.5, 0.6) is 5.75 Å². The van der Waals surface area contributed by atoms with E-state index in [-0.39, 0.29) is 0 Å². The van der Waals surface area contributed by atoms with Crippen LogP contribution < -0.4 is 11.5 Å². The number of carbonyl (C=O) groups is 1. The molecule has 0 aromatic heterocycles. The number of nitrogens with two attached hydrogens (primary N) is 2. The Hall–Kier alpha value is -1.39. The van der Waals surface area contributed by atoms with Gasteiger partial charge in [0.2, 0.25) is 0 Å². The summed E-state index contributed by atoms with van der Waals surface area (Å²) in [4.78, 5) is 8.00. The third kappa shape index (κ3) is 8.35. The molecule has 0 heterocycles. The molecule has 1 aromatic rings. The predicted molar refractivity (Wildman–Crippen MR) is 78.8 cm³/mol. The van der Waals surface area contributed by atoms with Crippen LogP contribution in [0.3, 0.4) is 0 Å². The Morgan fingerprint density at radius 1 is 1.05 bits per heavy atom. The Bertz CT molecular complexity index is 296. The topological polar surface area (TPSA) is 89.3 Å². The molecule has 19 heavy (non-hydrogen) atoms. The van der Waals surface area contributed by atoms with Crippen LogP contribution >= 0.6 is 0 Å². The van der Waals surface area contributed by atoms with Crippen LogP contribution in [0.1, 0.15) is 25.7 Å². The summed E-state index contributed by atoms with van der Waals surface area (Å²) in [6.07, 6.45) is 5.26. The lowest BCUT2D eigenvalue weighted by Gasteiger charge is -2.26. The molecule has 4 nitrogen and oxygen atoms in total. The molecule has 0 radical (unpaired) electrons. The van der Waals surface area contributed by atoms with Crippen molar-refractivity contribution in [2.75, 3.05) is 13.1 Å². The highest BCUT2D eigenvalue weighted by Gasteiger charge is 2.19. The average Bonchev–Trinajstić information content (AvgIpc) is 2.50.